The minimum absolute atomic E-state index is 0.644. The Morgan fingerprint density at radius 3 is 2.11 bits per heavy atom. The van der Waals surface area contributed by atoms with E-state index in [1.54, 1.807) is 6.20 Å². The molecule has 0 saturated heterocycles. The third-order valence-electron chi connectivity index (χ3n) is 1.91. The zero-order chi connectivity index (χ0) is 13.2. The van der Waals surface area contributed by atoms with E-state index in [-0.39, 0.29) is 0 Å². The van der Waals surface area contributed by atoms with Gasteiger partial charge in [0.15, 0.2) is 0 Å². The van der Waals surface area contributed by atoms with Gasteiger partial charge < -0.3 is 5.32 Å². The fraction of sp³-hybridized carbons (Fsp3) is 0.0833. The Kier molecular flexibility index (Phi) is 8.70. The van der Waals surface area contributed by atoms with Crippen molar-refractivity contribution in [2.75, 3.05) is 0 Å². The first kappa shape index (κ1) is 16.0. The number of benzene rings is 1. The van der Waals surface area contributed by atoms with Gasteiger partial charge in [0, 0.05) is 11.9 Å². The quantitative estimate of drug-likeness (QED) is 0.704. The maximum Gasteiger partial charge on any atom is 0.0270 e. The van der Waals surface area contributed by atoms with Gasteiger partial charge in [0.1, 0.15) is 0 Å². The molecule has 0 spiro atoms. The molecule has 0 amide bonds. The number of halogens is 3. The summed E-state index contributed by atoms with van der Waals surface area (Å²) in [5, 5.41) is 4.41. The second kappa shape index (κ2) is 9.80. The summed E-state index contributed by atoms with van der Waals surface area (Å²) >= 11 is -2.13. The minimum Gasteiger partial charge on any atom is -0.679 e. The molecule has 1 aromatic heterocycles. The Bertz CT molecular complexity index is 384. The van der Waals surface area contributed by atoms with E-state index in [9.17, 15) is 0 Å². The number of hydrogen-bond acceptors (Lipinski definition) is 1. The van der Waals surface area contributed by atoms with E-state index in [1.165, 1.54) is 0 Å². The molecular formula is C12H11Cl3N2Zr-. The Balaban J connectivity index is 0.000000357. The van der Waals surface area contributed by atoms with Gasteiger partial charge in [-0.3, -0.25) is 4.98 Å². The predicted molar refractivity (Wildman–Crippen MR) is 75.0 cm³/mol. The van der Waals surface area contributed by atoms with Crippen LogP contribution in [-0.2, 0) is 24.7 Å². The van der Waals surface area contributed by atoms with E-state index in [1.807, 2.05) is 48.5 Å². The number of nitrogens with zero attached hydrogens (tertiary/aromatic N) is 2. The third-order valence-corrected chi connectivity index (χ3v) is 1.91. The Morgan fingerprint density at radius 2 is 1.56 bits per heavy atom. The summed E-state index contributed by atoms with van der Waals surface area (Å²) in [5.41, 5.74) is 1.99. The van der Waals surface area contributed by atoms with E-state index in [0.29, 0.717) is 6.54 Å². The number of aromatic nitrogens is 1. The molecule has 0 saturated carbocycles. The third kappa shape index (κ3) is 8.10. The molecule has 0 atom stereocenters. The molecule has 6 heteroatoms. The van der Waals surface area contributed by atoms with Crippen molar-refractivity contribution in [2.45, 2.75) is 6.54 Å². The van der Waals surface area contributed by atoms with E-state index in [4.69, 9.17) is 25.5 Å². The molecule has 0 aliphatic carbocycles. The van der Waals surface area contributed by atoms with E-state index < -0.39 is 18.2 Å². The van der Waals surface area contributed by atoms with Gasteiger partial charge in [0.2, 0.25) is 0 Å². The monoisotopic (exact) mass is 378 g/mol. The number of hydrogen-bond donors (Lipinski definition) is 0. The molecule has 0 N–H and O–H groups in total. The van der Waals surface area contributed by atoms with Crippen molar-refractivity contribution >= 4 is 31.2 Å². The molecule has 0 unspecified atom stereocenters. The van der Waals surface area contributed by atoms with Gasteiger partial charge in [-0.25, -0.2) is 0 Å². The Labute approximate surface area is 126 Å². The van der Waals surface area contributed by atoms with Crippen LogP contribution in [-0.4, -0.2) is 4.98 Å². The van der Waals surface area contributed by atoms with Crippen molar-refractivity contribution < 1.29 is 18.2 Å². The molecule has 2 nitrogen and oxygen atoms in total. The summed E-state index contributed by atoms with van der Waals surface area (Å²) in [7, 11) is 15.0. The van der Waals surface area contributed by atoms with Crippen molar-refractivity contribution in [2.24, 2.45) is 0 Å². The minimum atomic E-state index is -2.13. The van der Waals surface area contributed by atoms with Gasteiger partial charge in [-0.05, 0) is 12.1 Å². The Hall–Kier alpha value is -0.0769. The summed E-state index contributed by atoms with van der Waals surface area (Å²) in [6.45, 7) is 0.644. The van der Waals surface area contributed by atoms with Crippen LogP contribution in [0.1, 0.15) is 5.69 Å². The first-order valence-corrected chi connectivity index (χ1v) is 14.6. The summed E-state index contributed by atoms with van der Waals surface area (Å²) in [5.74, 6) is 0. The Morgan fingerprint density at radius 1 is 0.944 bits per heavy atom. The van der Waals surface area contributed by atoms with Crippen molar-refractivity contribution in [3.63, 3.8) is 0 Å². The first-order chi connectivity index (χ1) is 8.68. The van der Waals surface area contributed by atoms with Crippen LogP contribution in [0.4, 0.5) is 5.69 Å². The van der Waals surface area contributed by atoms with Gasteiger partial charge in [0.25, 0.3) is 0 Å². The second-order valence-corrected chi connectivity index (χ2v) is 14.4. The molecule has 0 aliphatic rings. The van der Waals surface area contributed by atoms with Crippen molar-refractivity contribution in [1.29, 1.82) is 0 Å². The van der Waals surface area contributed by atoms with Crippen molar-refractivity contribution in [1.82, 2.24) is 4.98 Å². The topological polar surface area (TPSA) is 27.0 Å². The second-order valence-electron chi connectivity index (χ2n) is 3.19. The predicted octanol–water partition coefficient (Wildman–Crippen LogP) is 5.35. The zero-order valence-corrected chi connectivity index (χ0v) is 14.2. The summed E-state index contributed by atoms with van der Waals surface area (Å²) < 4.78 is 0. The van der Waals surface area contributed by atoms with Gasteiger partial charge in [0.05, 0.1) is 0 Å². The molecule has 95 valence electrons. The number of rotatable bonds is 3. The molecule has 0 aliphatic heterocycles. The normalized spacial score (nSPS) is 9.06. The molecule has 1 heterocycles. The maximum atomic E-state index is 5.00. The van der Waals surface area contributed by atoms with Crippen LogP contribution in [0.15, 0.2) is 54.7 Å². The standard InChI is InChI=1S/C12H11N2.3ClH.Zr/c1-2-6-11(7-3-1)14-10-12-8-4-5-9-13-12;;;;/h1-9H,10H2;3*1H;/q-1;;;;+3/p-3. The first-order valence-electron chi connectivity index (χ1n) is 5.14. The molecule has 2 aromatic rings. The molecule has 18 heavy (non-hydrogen) atoms. The zero-order valence-electron chi connectivity index (χ0n) is 9.43. The largest absolute Gasteiger partial charge is 0.679 e. The summed E-state index contributed by atoms with van der Waals surface area (Å²) in [6.07, 6.45) is 1.79. The summed E-state index contributed by atoms with van der Waals surface area (Å²) in [6, 6.07) is 15.8. The summed E-state index contributed by atoms with van der Waals surface area (Å²) in [4.78, 5) is 4.20. The average Bonchev–Trinajstić information content (AvgIpc) is 2.38. The number of para-hydroxylation sites is 1. The molecular weight excluding hydrogens is 370 g/mol. The molecule has 2 rings (SSSR count). The maximum absolute atomic E-state index is 5.00. The van der Waals surface area contributed by atoms with Crippen LogP contribution >= 0.6 is 25.5 Å². The van der Waals surface area contributed by atoms with Crippen LogP contribution < -0.4 is 0 Å². The van der Waals surface area contributed by atoms with Crippen molar-refractivity contribution in [3.8, 4) is 0 Å². The fourth-order valence-electron chi connectivity index (χ4n) is 1.20. The van der Waals surface area contributed by atoms with Gasteiger partial charge in [-0.15, -0.1) is 5.69 Å². The van der Waals surface area contributed by atoms with Crippen LogP contribution in [0.3, 0.4) is 0 Å². The van der Waals surface area contributed by atoms with Crippen molar-refractivity contribution in [3.05, 3.63) is 65.7 Å². The van der Waals surface area contributed by atoms with E-state index in [0.717, 1.165) is 11.4 Å². The molecule has 0 bridgehead atoms. The molecule has 0 fully saturated rings. The van der Waals surface area contributed by atoms with E-state index >= 15 is 0 Å². The molecule has 1 aromatic carbocycles. The van der Waals surface area contributed by atoms with Crippen LogP contribution in [0.5, 0.6) is 0 Å². The van der Waals surface area contributed by atoms with Crippen LogP contribution in [0, 0.1) is 0 Å². The smallest absolute Gasteiger partial charge is 0.0270 e. The van der Waals surface area contributed by atoms with E-state index in [2.05, 4.69) is 10.3 Å². The van der Waals surface area contributed by atoms with Gasteiger partial charge in [-0.2, -0.15) is 0 Å². The SMILES string of the molecule is [Cl][Zr]([Cl])[Cl].c1ccc([N-]Cc2ccccn2)cc1. The van der Waals surface area contributed by atoms with Crippen LogP contribution in [0.25, 0.3) is 5.32 Å². The average molecular weight is 381 g/mol. The van der Waals surface area contributed by atoms with Gasteiger partial charge >= 0.3 is 43.7 Å². The van der Waals surface area contributed by atoms with Crippen LogP contribution in [0.2, 0.25) is 0 Å². The van der Waals surface area contributed by atoms with Gasteiger partial charge in [-0.1, -0.05) is 42.9 Å². The molecule has 0 radical (unpaired) electrons. The fourth-order valence-corrected chi connectivity index (χ4v) is 1.20. The number of pyridine rings is 1.